The van der Waals surface area contributed by atoms with E-state index in [1.165, 1.54) is 33.9 Å². The van der Waals surface area contributed by atoms with Crippen molar-refractivity contribution < 1.29 is 17.9 Å². The van der Waals surface area contributed by atoms with E-state index in [1.807, 2.05) is 0 Å². The predicted molar refractivity (Wildman–Crippen MR) is 117 cm³/mol. The van der Waals surface area contributed by atoms with E-state index in [2.05, 4.69) is 15.5 Å². The summed E-state index contributed by atoms with van der Waals surface area (Å²) in [7, 11) is -2.28. The van der Waals surface area contributed by atoms with Gasteiger partial charge in [0.2, 0.25) is 21.1 Å². The molecule has 31 heavy (non-hydrogen) atoms. The van der Waals surface area contributed by atoms with Crippen molar-refractivity contribution in [3.05, 3.63) is 24.0 Å². The molecular weight excluding hydrogens is 440 g/mol. The third kappa shape index (κ3) is 4.80. The van der Waals surface area contributed by atoms with Crippen LogP contribution >= 0.6 is 11.8 Å². The lowest BCUT2D eigenvalue weighted by Gasteiger charge is -2.26. The molecule has 4 rings (SSSR count). The first-order valence-electron chi connectivity index (χ1n) is 10.2. The summed E-state index contributed by atoms with van der Waals surface area (Å²) in [5.41, 5.74) is 0.384. The number of piperidine rings is 1. The van der Waals surface area contributed by atoms with Gasteiger partial charge in [-0.25, -0.2) is 13.1 Å². The Labute approximate surface area is 185 Å². The number of ether oxygens (including phenoxy) is 1. The van der Waals surface area contributed by atoms with Crippen molar-refractivity contribution in [1.29, 1.82) is 0 Å². The molecular formula is C19H26N6O4S2. The minimum Gasteiger partial charge on any atom is -0.495 e. The molecule has 1 aromatic heterocycles. The highest BCUT2D eigenvalue weighted by atomic mass is 32.2. The van der Waals surface area contributed by atoms with Crippen LogP contribution in [0, 0.1) is 0 Å². The summed E-state index contributed by atoms with van der Waals surface area (Å²) in [5.74, 6) is 7.13. The van der Waals surface area contributed by atoms with Gasteiger partial charge < -0.3 is 15.9 Å². The lowest BCUT2D eigenvalue weighted by atomic mass is 10.2. The number of carbonyl (C=O) groups is 1. The molecule has 3 N–H and O–H groups in total. The third-order valence-electron chi connectivity index (χ3n) is 5.35. The largest absolute Gasteiger partial charge is 0.495 e. The van der Waals surface area contributed by atoms with E-state index in [1.54, 1.807) is 12.1 Å². The summed E-state index contributed by atoms with van der Waals surface area (Å²) in [6, 6.07) is 4.62. The summed E-state index contributed by atoms with van der Waals surface area (Å²) in [5, 5.41) is 11.4. The van der Waals surface area contributed by atoms with E-state index in [0.29, 0.717) is 29.9 Å². The number of nitrogen functional groups attached to an aromatic ring is 1. The lowest BCUT2D eigenvalue weighted by Crippen LogP contribution is -2.35. The number of nitrogens with one attached hydrogen (secondary N) is 1. The number of rotatable bonds is 8. The molecule has 1 aromatic carbocycles. The fraction of sp³-hybridized carbons (Fsp3) is 0.526. The Balaban J connectivity index is 1.44. The Morgan fingerprint density at radius 1 is 1.26 bits per heavy atom. The van der Waals surface area contributed by atoms with Crippen molar-refractivity contribution in [2.24, 2.45) is 0 Å². The molecule has 1 saturated carbocycles. The van der Waals surface area contributed by atoms with Crippen molar-refractivity contribution in [3.8, 4) is 5.75 Å². The van der Waals surface area contributed by atoms with Crippen LogP contribution in [0.1, 0.15) is 43.8 Å². The average Bonchev–Trinajstić information content (AvgIpc) is 3.55. The fourth-order valence-corrected chi connectivity index (χ4v) is 5.90. The number of benzene rings is 1. The van der Waals surface area contributed by atoms with Crippen molar-refractivity contribution in [2.75, 3.05) is 37.1 Å². The Kier molecular flexibility index (Phi) is 6.39. The number of nitrogens with two attached hydrogens (primary N) is 1. The summed E-state index contributed by atoms with van der Waals surface area (Å²) in [6.45, 7) is 0.975. The standard InChI is InChI=1S/C19H26N6O4S2/c1-29-15-8-7-14(11-16(15)31(27,28)24-9-3-2-4-10-24)21-17(26)12-30-19-23-22-18(25(19)20)13-5-6-13/h7-8,11,13H,2-6,9-10,12,20H2,1H3,(H,21,26). The van der Waals surface area contributed by atoms with Gasteiger partial charge in [0.25, 0.3) is 0 Å². The summed E-state index contributed by atoms with van der Waals surface area (Å²) < 4.78 is 34.4. The van der Waals surface area contributed by atoms with Crippen LogP contribution in [0.3, 0.4) is 0 Å². The van der Waals surface area contributed by atoms with Crippen LogP contribution in [-0.2, 0) is 14.8 Å². The van der Waals surface area contributed by atoms with Crippen molar-refractivity contribution in [2.45, 2.75) is 48.1 Å². The smallest absolute Gasteiger partial charge is 0.246 e. The van der Waals surface area contributed by atoms with Gasteiger partial charge in [0.1, 0.15) is 10.6 Å². The van der Waals surface area contributed by atoms with Crippen LogP contribution < -0.4 is 15.9 Å². The molecule has 1 aliphatic heterocycles. The lowest BCUT2D eigenvalue weighted by molar-refractivity contribution is -0.113. The second kappa shape index (κ2) is 9.05. The second-order valence-corrected chi connectivity index (χ2v) is 10.5. The first kappa shape index (κ1) is 21.9. The molecule has 0 unspecified atom stereocenters. The van der Waals surface area contributed by atoms with E-state index in [9.17, 15) is 13.2 Å². The Morgan fingerprint density at radius 3 is 2.68 bits per heavy atom. The van der Waals surface area contributed by atoms with Crippen LogP contribution in [0.4, 0.5) is 5.69 Å². The highest BCUT2D eigenvalue weighted by molar-refractivity contribution is 7.99. The quantitative estimate of drug-likeness (QED) is 0.444. The summed E-state index contributed by atoms with van der Waals surface area (Å²) >= 11 is 1.18. The number of anilines is 1. The maximum Gasteiger partial charge on any atom is 0.246 e. The van der Waals surface area contributed by atoms with Gasteiger partial charge in [0.15, 0.2) is 5.82 Å². The van der Waals surface area contributed by atoms with Gasteiger partial charge in [-0.1, -0.05) is 18.2 Å². The third-order valence-corrected chi connectivity index (χ3v) is 8.21. The minimum absolute atomic E-state index is 0.0538. The second-order valence-electron chi connectivity index (χ2n) is 7.65. The number of hydrogen-bond acceptors (Lipinski definition) is 8. The number of methoxy groups -OCH3 is 1. The Hall–Kier alpha value is -2.31. The van der Waals surface area contributed by atoms with Crippen LogP contribution in [0.25, 0.3) is 0 Å². The van der Waals surface area contributed by atoms with Gasteiger partial charge in [-0.2, -0.15) is 4.31 Å². The average molecular weight is 467 g/mol. The Morgan fingerprint density at radius 2 is 2.00 bits per heavy atom. The van der Waals surface area contributed by atoms with E-state index >= 15 is 0 Å². The van der Waals surface area contributed by atoms with Crippen molar-refractivity contribution in [1.82, 2.24) is 19.2 Å². The number of amides is 1. The van der Waals surface area contributed by atoms with Gasteiger partial charge in [-0.3, -0.25) is 4.79 Å². The number of sulfonamides is 1. The van der Waals surface area contributed by atoms with Gasteiger partial charge in [-0.15, -0.1) is 10.2 Å². The zero-order valence-corrected chi connectivity index (χ0v) is 18.9. The molecule has 2 heterocycles. The number of carbonyl (C=O) groups excluding carboxylic acids is 1. The Bertz CT molecular complexity index is 1060. The number of hydrogen-bond donors (Lipinski definition) is 2. The monoisotopic (exact) mass is 466 g/mol. The first-order valence-corrected chi connectivity index (χ1v) is 12.6. The normalized spacial score (nSPS) is 17.5. The van der Waals surface area contributed by atoms with Crippen LogP contribution in [0.5, 0.6) is 5.75 Å². The molecule has 0 spiro atoms. The number of aromatic nitrogens is 3. The predicted octanol–water partition coefficient (Wildman–Crippen LogP) is 1.78. The molecule has 0 bridgehead atoms. The van der Waals surface area contributed by atoms with Crippen molar-refractivity contribution >= 4 is 33.4 Å². The molecule has 2 fully saturated rings. The van der Waals surface area contributed by atoms with Crippen LogP contribution in [-0.4, -0.2) is 59.5 Å². The zero-order valence-electron chi connectivity index (χ0n) is 17.3. The van der Waals surface area contributed by atoms with E-state index < -0.39 is 10.0 Å². The SMILES string of the molecule is COc1ccc(NC(=O)CSc2nnc(C3CC3)n2N)cc1S(=O)(=O)N1CCCCC1. The van der Waals surface area contributed by atoms with Gasteiger partial charge in [0, 0.05) is 24.7 Å². The molecule has 0 atom stereocenters. The molecule has 1 aliphatic carbocycles. The maximum atomic E-state index is 13.1. The van der Waals surface area contributed by atoms with E-state index in [0.717, 1.165) is 37.9 Å². The van der Waals surface area contributed by atoms with Gasteiger partial charge in [-0.05, 0) is 43.9 Å². The summed E-state index contributed by atoms with van der Waals surface area (Å²) in [6.07, 6.45) is 4.81. The highest BCUT2D eigenvalue weighted by Gasteiger charge is 2.31. The highest BCUT2D eigenvalue weighted by Crippen LogP contribution is 2.39. The van der Waals surface area contributed by atoms with Crippen LogP contribution in [0.2, 0.25) is 0 Å². The molecule has 0 radical (unpaired) electrons. The molecule has 2 aliphatic rings. The number of nitrogens with zero attached hydrogens (tertiary/aromatic N) is 4. The van der Waals surface area contributed by atoms with Crippen molar-refractivity contribution in [3.63, 3.8) is 0 Å². The first-order chi connectivity index (χ1) is 14.9. The van der Waals surface area contributed by atoms with Gasteiger partial charge >= 0.3 is 0 Å². The fourth-order valence-electron chi connectivity index (χ4n) is 3.53. The molecule has 12 heteroatoms. The zero-order chi connectivity index (χ0) is 22.0. The van der Waals surface area contributed by atoms with E-state index in [4.69, 9.17) is 10.6 Å². The molecule has 2 aromatic rings. The van der Waals surface area contributed by atoms with E-state index in [-0.39, 0.29) is 22.3 Å². The molecule has 168 valence electrons. The topological polar surface area (TPSA) is 132 Å². The number of thioether (sulfide) groups is 1. The summed E-state index contributed by atoms with van der Waals surface area (Å²) in [4.78, 5) is 12.5. The molecule has 10 nitrogen and oxygen atoms in total. The maximum absolute atomic E-state index is 13.1. The van der Waals surface area contributed by atoms with Gasteiger partial charge in [0.05, 0.1) is 12.9 Å². The molecule has 1 saturated heterocycles. The minimum atomic E-state index is -3.71. The molecule has 1 amide bonds. The van der Waals surface area contributed by atoms with Crippen LogP contribution in [0.15, 0.2) is 28.3 Å².